The normalized spacial score (nSPS) is 10.7. The van der Waals surface area contributed by atoms with Crippen LogP contribution in [0.3, 0.4) is 0 Å². The lowest BCUT2D eigenvalue weighted by atomic mass is 10.4. The van der Waals surface area contributed by atoms with Crippen LogP contribution in [-0.4, -0.2) is 77.8 Å². The number of carbonyl (C=O) groups excluding carboxylic acids is 2. The maximum atomic E-state index is 11.4. The Bertz CT molecular complexity index is 260. The molecule has 0 unspecified atom stereocenters. The average molecular weight is 293 g/mol. The van der Waals surface area contributed by atoms with Gasteiger partial charge in [0.15, 0.2) is 0 Å². The highest BCUT2D eigenvalue weighted by Gasteiger charge is 2.05. The fourth-order valence-corrected chi connectivity index (χ4v) is 2.14. The first-order valence-electron chi connectivity index (χ1n) is 6.17. The van der Waals surface area contributed by atoms with Gasteiger partial charge >= 0.3 is 0 Å². The number of nitrogens with two attached hydrogens (primary N) is 1. The Hall–Kier alpha value is -0.830. The van der Waals surface area contributed by atoms with Crippen LogP contribution >= 0.6 is 11.8 Å². The fourth-order valence-electron chi connectivity index (χ4n) is 1.36. The van der Waals surface area contributed by atoms with Crippen LogP contribution in [0.5, 0.6) is 0 Å². The van der Waals surface area contributed by atoms with Crippen molar-refractivity contribution in [2.75, 3.05) is 50.9 Å². The van der Waals surface area contributed by atoms with E-state index in [1.54, 1.807) is 0 Å². The highest BCUT2D eigenvalue weighted by molar-refractivity contribution is 7.99. The van der Waals surface area contributed by atoms with E-state index in [0.29, 0.717) is 37.7 Å². The Morgan fingerprint density at radius 3 is 2.32 bits per heavy atom. The molecule has 19 heavy (non-hydrogen) atoms. The summed E-state index contributed by atoms with van der Waals surface area (Å²) >= 11 is 1.36. The summed E-state index contributed by atoms with van der Waals surface area (Å²) in [4.78, 5) is 23.8. The summed E-state index contributed by atoms with van der Waals surface area (Å²) in [6, 6.07) is 0. The number of aliphatic hydroxyl groups excluding tert-OH is 2. The molecule has 0 fully saturated rings. The lowest BCUT2D eigenvalue weighted by Gasteiger charge is -2.20. The fraction of sp³-hybridized carbons (Fsp3) is 0.818. The van der Waals surface area contributed by atoms with E-state index in [1.165, 1.54) is 11.8 Å². The van der Waals surface area contributed by atoms with Crippen molar-refractivity contribution in [2.24, 2.45) is 5.73 Å². The van der Waals surface area contributed by atoms with Gasteiger partial charge in [-0.3, -0.25) is 14.5 Å². The molecule has 0 aliphatic heterocycles. The van der Waals surface area contributed by atoms with Crippen molar-refractivity contribution in [1.29, 1.82) is 0 Å². The first-order valence-corrected chi connectivity index (χ1v) is 7.32. The number of amides is 2. The molecule has 0 aliphatic rings. The SMILES string of the molecule is NC(=O)CCSCC(=O)NCCN(CCO)CCO. The van der Waals surface area contributed by atoms with Crippen molar-refractivity contribution >= 4 is 23.6 Å². The van der Waals surface area contributed by atoms with E-state index in [4.69, 9.17) is 15.9 Å². The van der Waals surface area contributed by atoms with E-state index in [9.17, 15) is 9.59 Å². The molecule has 0 saturated heterocycles. The first-order chi connectivity index (χ1) is 9.10. The number of nitrogens with zero attached hydrogens (tertiary/aromatic N) is 1. The van der Waals surface area contributed by atoms with E-state index < -0.39 is 0 Å². The molecule has 0 radical (unpaired) electrons. The number of thioether (sulfide) groups is 1. The summed E-state index contributed by atoms with van der Waals surface area (Å²) in [7, 11) is 0. The highest BCUT2D eigenvalue weighted by Crippen LogP contribution is 2.00. The Morgan fingerprint density at radius 1 is 1.16 bits per heavy atom. The number of nitrogens with one attached hydrogen (secondary N) is 1. The Kier molecular flexibility index (Phi) is 11.7. The van der Waals surface area contributed by atoms with Crippen molar-refractivity contribution in [2.45, 2.75) is 6.42 Å². The van der Waals surface area contributed by atoms with Gasteiger partial charge in [-0.05, 0) is 0 Å². The zero-order chi connectivity index (χ0) is 14.5. The quantitative estimate of drug-likeness (QED) is 0.309. The maximum absolute atomic E-state index is 11.4. The van der Waals surface area contributed by atoms with Crippen LogP contribution in [-0.2, 0) is 9.59 Å². The predicted molar refractivity (Wildman–Crippen MR) is 74.8 cm³/mol. The predicted octanol–water partition coefficient (Wildman–Crippen LogP) is -2.00. The van der Waals surface area contributed by atoms with Gasteiger partial charge in [-0.25, -0.2) is 0 Å². The Balaban J connectivity index is 3.57. The van der Waals surface area contributed by atoms with E-state index in [0.717, 1.165) is 0 Å². The lowest BCUT2D eigenvalue weighted by Crippen LogP contribution is -2.38. The highest BCUT2D eigenvalue weighted by atomic mass is 32.2. The molecule has 112 valence electrons. The molecule has 0 saturated carbocycles. The monoisotopic (exact) mass is 293 g/mol. The third-order valence-corrected chi connectivity index (χ3v) is 3.27. The summed E-state index contributed by atoms with van der Waals surface area (Å²) in [5.74, 6) is 0.385. The molecule has 7 nitrogen and oxygen atoms in total. The lowest BCUT2D eigenvalue weighted by molar-refractivity contribution is -0.119. The maximum Gasteiger partial charge on any atom is 0.230 e. The molecule has 5 N–H and O–H groups in total. The second-order valence-electron chi connectivity index (χ2n) is 3.91. The molecule has 8 heteroatoms. The third-order valence-electron chi connectivity index (χ3n) is 2.31. The second-order valence-corrected chi connectivity index (χ2v) is 5.01. The Labute approximate surface area is 117 Å². The van der Waals surface area contributed by atoms with Gasteiger partial charge < -0.3 is 21.3 Å². The summed E-state index contributed by atoms with van der Waals surface area (Å²) in [6.07, 6.45) is 0.277. The smallest absolute Gasteiger partial charge is 0.230 e. The molecule has 0 heterocycles. The van der Waals surface area contributed by atoms with E-state index in [2.05, 4.69) is 5.32 Å². The number of primary amides is 1. The average Bonchev–Trinajstić information content (AvgIpc) is 2.35. The molecule has 0 aromatic rings. The second kappa shape index (κ2) is 12.2. The topological polar surface area (TPSA) is 116 Å². The Morgan fingerprint density at radius 2 is 1.79 bits per heavy atom. The molecule has 0 atom stereocenters. The van der Waals surface area contributed by atoms with E-state index >= 15 is 0 Å². The van der Waals surface area contributed by atoms with Crippen LogP contribution in [0.1, 0.15) is 6.42 Å². The van der Waals surface area contributed by atoms with Crippen LogP contribution < -0.4 is 11.1 Å². The van der Waals surface area contributed by atoms with Crippen LogP contribution in [0.25, 0.3) is 0 Å². The van der Waals surface area contributed by atoms with E-state index in [-0.39, 0.29) is 31.4 Å². The van der Waals surface area contributed by atoms with Gasteiger partial charge in [0.1, 0.15) is 0 Å². The van der Waals surface area contributed by atoms with Crippen molar-refractivity contribution in [3.8, 4) is 0 Å². The number of hydrogen-bond donors (Lipinski definition) is 4. The number of hydrogen-bond acceptors (Lipinski definition) is 6. The van der Waals surface area contributed by atoms with Gasteiger partial charge in [-0.1, -0.05) is 0 Å². The van der Waals surface area contributed by atoms with Crippen molar-refractivity contribution in [3.63, 3.8) is 0 Å². The molecular formula is C11H23N3O4S. The van der Waals surface area contributed by atoms with Crippen LogP contribution in [0.2, 0.25) is 0 Å². The van der Waals surface area contributed by atoms with Gasteiger partial charge in [-0.15, -0.1) is 0 Å². The standard InChI is InChI=1S/C11H23N3O4S/c12-10(17)1-8-19-9-11(18)13-2-3-14(4-6-15)5-7-16/h15-16H,1-9H2,(H2,12,17)(H,13,18). The summed E-state index contributed by atoms with van der Waals surface area (Å²) < 4.78 is 0. The molecule has 0 rings (SSSR count). The minimum atomic E-state index is -0.364. The molecule has 0 bridgehead atoms. The largest absolute Gasteiger partial charge is 0.395 e. The van der Waals surface area contributed by atoms with Crippen molar-refractivity contribution in [3.05, 3.63) is 0 Å². The minimum Gasteiger partial charge on any atom is -0.395 e. The van der Waals surface area contributed by atoms with Gasteiger partial charge in [0.25, 0.3) is 0 Å². The minimum absolute atomic E-state index is 0.0247. The van der Waals surface area contributed by atoms with Gasteiger partial charge in [-0.2, -0.15) is 11.8 Å². The number of rotatable bonds is 12. The summed E-state index contributed by atoms with van der Waals surface area (Å²) in [6.45, 7) is 2.05. The van der Waals surface area contributed by atoms with Gasteiger partial charge in [0, 0.05) is 38.4 Å². The van der Waals surface area contributed by atoms with Crippen molar-refractivity contribution in [1.82, 2.24) is 10.2 Å². The zero-order valence-corrected chi connectivity index (χ0v) is 11.8. The first kappa shape index (κ1) is 18.2. The summed E-state index contributed by atoms with van der Waals surface area (Å²) in [5, 5.41) is 20.4. The van der Waals surface area contributed by atoms with Crippen LogP contribution in [0.15, 0.2) is 0 Å². The zero-order valence-electron chi connectivity index (χ0n) is 11.0. The third kappa shape index (κ3) is 12.0. The molecular weight excluding hydrogens is 270 g/mol. The number of aliphatic hydroxyl groups is 2. The van der Waals surface area contributed by atoms with E-state index in [1.807, 2.05) is 4.90 Å². The van der Waals surface area contributed by atoms with Crippen LogP contribution in [0.4, 0.5) is 0 Å². The molecule has 0 aromatic heterocycles. The van der Waals surface area contributed by atoms with Crippen molar-refractivity contribution < 1.29 is 19.8 Å². The molecule has 0 aliphatic carbocycles. The molecule has 0 spiro atoms. The molecule has 2 amide bonds. The van der Waals surface area contributed by atoms with Crippen LogP contribution in [0, 0.1) is 0 Å². The number of carbonyl (C=O) groups is 2. The summed E-state index contributed by atoms with van der Waals surface area (Å²) in [5.41, 5.74) is 4.98. The van der Waals surface area contributed by atoms with Gasteiger partial charge in [0.2, 0.25) is 11.8 Å². The molecule has 0 aromatic carbocycles. The van der Waals surface area contributed by atoms with Gasteiger partial charge in [0.05, 0.1) is 19.0 Å².